The molecule has 4 rings (SSSR count). The van der Waals surface area contributed by atoms with E-state index < -0.39 is 5.92 Å². The fourth-order valence-corrected chi connectivity index (χ4v) is 6.15. The number of benzene rings is 2. The Bertz CT molecular complexity index is 1070. The van der Waals surface area contributed by atoms with Crippen LogP contribution in [0.1, 0.15) is 70.9 Å². The highest BCUT2D eigenvalue weighted by molar-refractivity contribution is 5.87. The highest BCUT2D eigenvalue weighted by Gasteiger charge is 2.46. The first-order valence-electron chi connectivity index (χ1n) is 13.8. The van der Waals surface area contributed by atoms with E-state index in [0.717, 1.165) is 25.8 Å². The van der Waals surface area contributed by atoms with E-state index in [1.54, 1.807) is 24.3 Å². The highest BCUT2D eigenvalue weighted by atomic mass is 19.1. The van der Waals surface area contributed by atoms with Gasteiger partial charge in [0.1, 0.15) is 11.6 Å². The first-order chi connectivity index (χ1) is 17.9. The van der Waals surface area contributed by atoms with E-state index in [4.69, 9.17) is 0 Å². The summed E-state index contributed by atoms with van der Waals surface area (Å²) in [5, 5.41) is 6.72. The van der Waals surface area contributed by atoms with E-state index in [2.05, 4.69) is 45.3 Å². The van der Waals surface area contributed by atoms with Gasteiger partial charge in [-0.2, -0.15) is 0 Å². The zero-order valence-corrected chi connectivity index (χ0v) is 23.1. The lowest BCUT2D eigenvalue weighted by atomic mass is 9.87. The molecule has 1 aliphatic heterocycles. The fraction of sp³-hybridized carbons (Fsp3) is 0.548. The third-order valence-corrected chi connectivity index (χ3v) is 7.81. The number of nitrogens with one attached hydrogen (secondary N) is 2. The molecule has 1 saturated carbocycles. The smallest absolute Gasteiger partial charge is 0.239 e. The lowest BCUT2D eigenvalue weighted by Crippen LogP contribution is -2.50. The molecule has 1 heterocycles. The molecule has 7 heteroatoms. The minimum absolute atomic E-state index is 0.0179. The molecular weight excluding hydrogens is 484 g/mol. The number of fused-ring (bicyclic) bond motifs is 1. The largest absolute Gasteiger partial charge is 0.352 e. The van der Waals surface area contributed by atoms with E-state index in [0.29, 0.717) is 23.6 Å². The van der Waals surface area contributed by atoms with Crippen LogP contribution in [0.3, 0.4) is 0 Å². The van der Waals surface area contributed by atoms with Gasteiger partial charge in [0.25, 0.3) is 0 Å². The van der Waals surface area contributed by atoms with Crippen LogP contribution in [0.2, 0.25) is 0 Å². The molecule has 2 fully saturated rings. The van der Waals surface area contributed by atoms with Gasteiger partial charge in [-0.25, -0.2) is 8.78 Å². The van der Waals surface area contributed by atoms with Crippen LogP contribution >= 0.6 is 0 Å². The van der Waals surface area contributed by atoms with Gasteiger partial charge in [-0.05, 0) is 66.0 Å². The van der Waals surface area contributed by atoms with E-state index in [9.17, 15) is 18.4 Å². The van der Waals surface area contributed by atoms with Crippen LogP contribution in [0.4, 0.5) is 8.78 Å². The lowest BCUT2D eigenvalue weighted by Gasteiger charge is -2.31. The molecule has 4 atom stereocenters. The molecule has 0 spiro atoms. The van der Waals surface area contributed by atoms with Crippen molar-refractivity contribution in [2.45, 2.75) is 77.9 Å². The summed E-state index contributed by atoms with van der Waals surface area (Å²) in [6, 6.07) is 11.7. The summed E-state index contributed by atoms with van der Waals surface area (Å²) < 4.78 is 27.2. The predicted octanol–water partition coefficient (Wildman–Crippen LogP) is 5.25. The zero-order valence-electron chi connectivity index (χ0n) is 23.1. The molecule has 2 amide bonds. The van der Waals surface area contributed by atoms with Gasteiger partial charge in [0, 0.05) is 31.1 Å². The molecule has 1 aliphatic carbocycles. The average Bonchev–Trinajstić information content (AvgIpc) is 3.41. The van der Waals surface area contributed by atoms with Crippen molar-refractivity contribution >= 4 is 11.8 Å². The van der Waals surface area contributed by atoms with E-state index in [1.807, 2.05) is 4.90 Å². The number of rotatable bonds is 8. The van der Waals surface area contributed by atoms with Crippen molar-refractivity contribution in [1.82, 2.24) is 15.5 Å². The molecule has 5 nitrogen and oxygen atoms in total. The van der Waals surface area contributed by atoms with E-state index >= 15 is 0 Å². The van der Waals surface area contributed by atoms with Crippen molar-refractivity contribution < 1.29 is 18.4 Å². The van der Waals surface area contributed by atoms with Gasteiger partial charge >= 0.3 is 0 Å². The number of carbonyl (C=O) groups excluding carboxylic acids is 2. The number of hydrogen-bond donors (Lipinski definition) is 2. The van der Waals surface area contributed by atoms with Crippen LogP contribution in [0, 0.1) is 28.9 Å². The van der Waals surface area contributed by atoms with Gasteiger partial charge in [-0.15, -0.1) is 0 Å². The second-order valence-electron chi connectivity index (χ2n) is 12.5. The van der Waals surface area contributed by atoms with Crippen LogP contribution in [0.25, 0.3) is 0 Å². The molecule has 2 aromatic rings. The van der Waals surface area contributed by atoms with Crippen molar-refractivity contribution in [3.05, 3.63) is 71.3 Å². The van der Waals surface area contributed by atoms with Crippen LogP contribution < -0.4 is 10.6 Å². The quantitative estimate of drug-likeness (QED) is 0.495. The van der Waals surface area contributed by atoms with Gasteiger partial charge in [0.2, 0.25) is 11.8 Å². The molecule has 2 aliphatic rings. The third-order valence-electron chi connectivity index (χ3n) is 7.81. The number of hydrogen-bond acceptors (Lipinski definition) is 3. The first kappa shape index (κ1) is 28.2. The van der Waals surface area contributed by atoms with Gasteiger partial charge in [0.05, 0.1) is 12.0 Å². The Kier molecular flexibility index (Phi) is 8.55. The van der Waals surface area contributed by atoms with E-state index in [1.165, 1.54) is 24.3 Å². The summed E-state index contributed by atoms with van der Waals surface area (Å²) in [6.07, 6.45) is 2.57. The normalized spacial score (nSPS) is 22.1. The predicted molar refractivity (Wildman–Crippen MR) is 145 cm³/mol. The topological polar surface area (TPSA) is 61.4 Å². The second kappa shape index (κ2) is 11.5. The van der Waals surface area contributed by atoms with Crippen molar-refractivity contribution in [1.29, 1.82) is 0 Å². The number of amides is 2. The van der Waals surface area contributed by atoms with Crippen molar-refractivity contribution in [2.24, 2.45) is 17.3 Å². The summed E-state index contributed by atoms with van der Waals surface area (Å²) in [5.74, 6) is -0.931. The maximum absolute atomic E-state index is 13.7. The summed E-state index contributed by atoms with van der Waals surface area (Å²) in [6.45, 7) is 11.9. The summed E-state index contributed by atoms with van der Waals surface area (Å²) >= 11 is 0. The monoisotopic (exact) mass is 525 g/mol. The molecule has 0 aromatic heterocycles. The van der Waals surface area contributed by atoms with Crippen molar-refractivity contribution in [2.75, 3.05) is 13.1 Å². The number of carbonyl (C=O) groups is 2. The second-order valence-corrected chi connectivity index (χ2v) is 12.5. The van der Waals surface area contributed by atoms with Crippen LogP contribution in [0.5, 0.6) is 0 Å². The molecule has 0 unspecified atom stereocenters. The molecule has 0 bridgehead atoms. The Labute approximate surface area is 225 Å². The maximum atomic E-state index is 13.7. The summed E-state index contributed by atoms with van der Waals surface area (Å²) in [7, 11) is 0. The van der Waals surface area contributed by atoms with Crippen molar-refractivity contribution in [3.8, 4) is 0 Å². The Balaban J connectivity index is 1.48. The molecule has 2 aromatic carbocycles. The fourth-order valence-electron chi connectivity index (χ4n) is 6.15. The summed E-state index contributed by atoms with van der Waals surface area (Å²) in [4.78, 5) is 29.2. The third kappa shape index (κ3) is 6.79. The van der Waals surface area contributed by atoms with Gasteiger partial charge in [0.15, 0.2) is 0 Å². The van der Waals surface area contributed by atoms with Gasteiger partial charge in [-0.3, -0.25) is 9.59 Å². The van der Waals surface area contributed by atoms with Crippen LogP contribution in [-0.4, -0.2) is 47.9 Å². The molecule has 2 N–H and O–H groups in total. The van der Waals surface area contributed by atoms with Gasteiger partial charge < -0.3 is 15.5 Å². The molecule has 38 heavy (non-hydrogen) atoms. The zero-order chi connectivity index (χ0) is 27.6. The van der Waals surface area contributed by atoms with Crippen LogP contribution in [-0.2, 0) is 9.59 Å². The number of nitrogens with zero attached hydrogens (tertiary/aromatic N) is 1. The minimum atomic E-state index is -0.680. The molecule has 1 saturated heterocycles. The van der Waals surface area contributed by atoms with Gasteiger partial charge in [-0.1, -0.05) is 58.9 Å². The SMILES string of the molecule is CC(C)N[C@@H](CC(C)(C)C)C(=O)N1C[C@H]2CC[C@H](NC(=O)C(c3ccc(F)cc3)c3ccc(F)cc3)[C@H]2C1. The Hall–Kier alpha value is -2.80. The highest BCUT2D eigenvalue weighted by Crippen LogP contribution is 2.39. The minimum Gasteiger partial charge on any atom is -0.352 e. The molecular formula is C31H41F2N3O2. The van der Waals surface area contributed by atoms with Crippen LogP contribution in [0.15, 0.2) is 48.5 Å². The van der Waals surface area contributed by atoms with Crippen molar-refractivity contribution in [3.63, 3.8) is 0 Å². The molecule has 206 valence electrons. The summed E-state index contributed by atoms with van der Waals surface area (Å²) in [5.41, 5.74) is 1.32. The molecule has 0 radical (unpaired) electrons. The van der Waals surface area contributed by atoms with E-state index in [-0.39, 0.29) is 52.9 Å². The Morgan fingerprint density at radius 1 is 0.921 bits per heavy atom. The maximum Gasteiger partial charge on any atom is 0.239 e. The lowest BCUT2D eigenvalue weighted by molar-refractivity contribution is -0.133. The first-order valence-corrected chi connectivity index (χ1v) is 13.8. The average molecular weight is 526 g/mol. The number of halogens is 2. The Morgan fingerprint density at radius 2 is 1.47 bits per heavy atom. The Morgan fingerprint density at radius 3 is 1.97 bits per heavy atom. The number of likely N-dealkylation sites (tertiary alicyclic amines) is 1. The standard InChI is InChI=1S/C31H41F2N3O2/c1-19(2)34-27(16-31(3,4)5)30(38)36-17-22-10-15-26(25(22)18-36)35-29(37)28(20-6-11-23(32)12-7-20)21-8-13-24(33)14-9-21/h6-9,11-14,19,22,25-28,34H,10,15-18H2,1-5H3,(H,35,37)/t22-,25+,26+,27+/m1/s1.